The fourth-order valence-electron chi connectivity index (χ4n) is 2.06. The molecule has 114 valence electrons. The van der Waals surface area contributed by atoms with E-state index >= 15 is 0 Å². The van der Waals surface area contributed by atoms with E-state index in [0.717, 1.165) is 5.56 Å². The van der Waals surface area contributed by atoms with Gasteiger partial charge in [-0.3, -0.25) is 9.78 Å². The molecule has 2 rings (SSSR count). The number of aromatic nitrogens is 2. The quantitative estimate of drug-likeness (QED) is 0.352. The number of methoxy groups -OCH3 is 1. The fraction of sp³-hybridized carbons (Fsp3) is 0.357. The van der Waals surface area contributed by atoms with Crippen molar-refractivity contribution >= 4 is 17.0 Å². The third-order valence-electron chi connectivity index (χ3n) is 3.09. The highest BCUT2D eigenvalue weighted by Gasteiger charge is 2.17. The lowest BCUT2D eigenvalue weighted by Gasteiger charge is -2.16. The number of esters is 1. The number of nitrogens with zero attached hydrogens (tertiary/aromatic N) is 5. The van der Waals surface area contributed by atoms with Crippen LogP contribution in [0.25, 0.3) is 21.5 Å². The van der Waals surface area contributed by atoms with E-state index in [-0.39, 0.29) is 19.1 Å². The molecule has 0 saturated heterocycles. The highest BCUT2D eigenvalue weighted by molar-refractivity contribution is 5.79. The molecule has 8 nitrogen and oxygen atoms in total. The molecule has 0 spiro atoms. The number of carbonyl (C=O) groups is 1. The molecule has 0 aliphatic heterocycles. The van der Waals surface area contributed by atoms with E-state index in [0.29, 0.717) is 16.9 Å². The molecule has 0 N–H and O–H groups in total. The number of carbonyl (C=O) groups excluding carboxylic acids is 1. The maximum atomic E-state index is 11.0. The Morgan fingerprint density at radius 2 is 2.27 bits per heavy atom. The summed E-state index contributed by atoms with van der Waals surface area (Å²) in [6.07, 6.45) is 1.64. The average Bonchev–Trinajstić information content (AvgIpc) is 2.54. The SMILES string of the molecule is COc1ccc2nccc([C@@H](CN=[N+]=[N-])COC(C)=O)c2n1. The Labute approximate surface area is 126 Å². The number of fused-ring (bicyclic) bond motifs is 1. The first-order valence-corrected chi connectivity index (χ1v) is 6.59. The molecule has 0 fully saturated rings. The monoisotopic (exact) mass is 301 g/mol. The van der Waals surface area contributed by atoms with Crippen LogP contribution in [0.4, 0.5) is 0 Å². The summed E-state index contributed by atoms with van der Waals surface area (Å²) in [5, 5.41) is 3.59. The zero-order valence-electron chi connectivity index (χ0n) is 12.3. The van der Waals surface area contributed by atoms with Gasteiger partial charge >= 0.3 is 5.97 Å². The summed E-state index contributed by atoms with van der Waals surface area (Å²) in [6, 6.07) is 5.28. The maximum Gasteiger partial charge on any atom is 0.302 e. The maximum absolute atomic E-state index is 11.0. The molecule has 2 aromatic rings. The smallest absolute Gasteiger partial charge is 0.302 e. The van der Waals surface area contributed by atoms with Gasteiger partial charge in [0.1, 0.15) is 0 Å². The number of rotatable bonds is 6. The van der Waals surface area contributed by atoms with Crippen LogP contribution in [-0.4, -0.2) is 36.2 Å². The standard InChI is InChI=1S/C14H15N5O3/c1-9(20)22-8-10(7-17-19-15)11-5-6-16-12-3-4-13(21-2)18-14(11)12/h3-6,10H,7-8H2,1-2H3/t10-/m0/s1. The Balaban J connectivity index is 2.46. The van der Waals surface area contributed by atoms with Gasteiger partial charge < -0.3 is 9.47 Å². The summed E-state index contributed by atoms with van der Waals surface area (Å²) in [5.41, 5.74) is 10.6. The van der Waals surface area contributed by atoms with E-state index in [4.69, 9.17) is 15.0 Å². The van der Waals surface area contributed by atoms with E-state index in [1.54, 1.807) is 24.4 Å². The molecule has 0 radical (unpaired) electrons. The summed E-state index contributed by atoms with van der Waals surface area (Å²) in [6.45, 7) is 1.59. The van der Waals surface area contributed by atoms with E-state index in [1.165, 1.54) is 14.0 Å². The lowest BCUT2D eigenvalue weighted by Crippen LogP contribution is -2.14. The van der Waals surface area contributed by atoms with Gasteiger partial charge in [-0.2, -0.15) is 0 Å². The van der Waals surface area contributed by atoms with Gasteiger partial charge in [0.2, 0.25) is 5.88 Å². The van der Waals surface area contributed by atoms with Crippen LogP contribution in [0.3, 0.4) is 0 Å². The molecule has 0 aliphatic carbocycles. The molecular formula is C14H15N5O3. The van der Waals surface area contributed by atoms with Crippen molar-refractivity contribution in [2.45, 2.75) is 12.8 Å². The van der Waals surface area contributed by atoms with Crippen molar-refractivity contribution in [3.05, 3.63) is 40.4 Å². The Kier molecular flexibility index (Phi) is 5.11. The molecule has 8 heteroatoms. The third-order valence-corrected chi connectivity index (χ3v) is 3.09. The second-order valence-electron chi connectivity index (χ2n) is 4.53. The third kappa shape index (κ3) is 3.62. The van der Waals surface area contributed by atoms with Crippen LogP contribution in [0.15, 0.2) is 29.5 Å². The first-order chi connectivity index (χ1) is 10.7. The molecule has 22 heavy (non-hydrogen) atoms. The number of pyridine rings is 2. The minimum atomic E-state index is -0.394. The minimum Gasteiger partial charge on any atom is -0.481 e. The van der Waals surface area contributed by atoms with Crippen molar-refractivity contribution in [2.75, 3.05) is 20.3 Å². The summed E-state index contributed by atoms with van der Waals surface area (Å²) in [4.78, 5) is 22.4. The lowest BCUT2D eigenvalue weighted by atomic mass is 9.99. The summed E-state index contributed by atoms with van der Waals surface area (Å²) in [7, 11) is 1.53. The van der Waals surface area contributed by atoms with Crippen LogP contribution in [0.2, 0.25) is 0 Å². The van der Waals surface area contributed by atoms with E-state index in [9.17, 15) is 4.79 Å². The molecule has 0 bridgehead atoms. The van der Waals surface area contributed by atoms with Crippen molar-refractivity contribution in [3.8, 4) is 5.88 Å². The Hall–Kier alpha value is -2.86. The second kappa shape index (κ2) is 7.24. The van der Waals surface area contributed by atoms with Gasteiger partial charge in [-0.15, -0.1) is 0 Å². The molecule has 0 aromatic carbocycles. The van der Waals surface area contributed by atoms with Crippen molar-refractivity contribution in [1.29, 1.82) is 0 Å². The average molecular weight is 301 g/mol. The van der Waals surface area contributed by atoms with Crippen LogP contribution < -0.4 is 4.74 Å². The second-order valence-corrected chi connectivity index (χ2v) is 4.53. The van der Waals surface area contributed by atoms with Gasteiger partial charge in [-0.1, -0.05) is 5.11 Å². The largest absolute Gasteiger partial charge is 0.481 e. The lowest BCUT2D eigenvalue weighted by molar-refractivity contribution is -0.141. The number of ether oxygens (including phenoxy) is 2. The zero-order valence-corrected chi connectivity index (χ0v) is 12.3. The van der Waals surface area contributed by atoms with Crippen molar-refractivity contribution in [1.82, 2.24) is 9.97 Å². The predicted molar refractivity (Wildman–Crippen MR) is 79.5 cm³/mol. The predicted octanol–water partition coefficient (Wildman–Crippen LogP) is 2.60. The number of azide groups is 1. The number of hydrogen-bond donors (Lipinski definition) is 0. The van der Waals surface area contributed by atoms with Crippen molar-refractivity contribution < 1.29 is 14.3 Å². The molecule has 0 aliphatic rings. The molecule has 2 heterocycles. The van der Waals surface area contributed by atoms with Crippen molar-refractivity contribution in [2.24, 2.45) is 5.11 Å². The molecular weight excluding hydrogens is 286 g/mol. The van der Waals surface area contributed by atoms with Crippen LogP contribution >= 0.6 is 0 Å². The summed E-state index contributed by atoms with van der Waals surface area (Å²) < 4.78 is 10.2. The van der Waals surface area contributed by atoms with E-state index in [1.807, 2.05) is 0 Å². The summed E-state index contributed by atoms with van der Waals surface area (Å²) in [5.74, 6) is -0.239. The fourth-order valence-corrected chi connectivity index (χ4v) is 2.06. The highest BCUT2D eigenvalue weighted by atomic mass is 16.5. The van der Waals surface area contributed by atoms with Crippen molar-refractivity contribution in [3.63, 3.8) is 0 Å². The van der Waals surface area contributed by atoms with Gasteiger partial charge in [-0.05, 0) is 23.2 Å². The molecule has 1 atom stereocenters. The molecule has 0 saturated carbocycles. The van der Waals surface area contributed by atoms with Gasteiger partial charge in [0, 0.05) is 36.6 Å². The van der Waals surface area contributed by atoms with Crippen LogP contribution in [0.1, 0.15) is 18.4 Å². The molecule has 0 amide bonds. The Morgan fingerprint density at radius 1 is 1.45 bits per heavy atom. The first kappa shape index (κ1) is 15.5. The highest BCUT2D eigenvalue weighted by Crippen LogP contribution is 2.25. The van der Waals surface area contributed by atoms with Gasteiger partial charge in [-0.25, -0.2) is 4.98 Å². The normalized spacial score (nSPS) is 11.5. The van der Waals surface area contributed by atoms with E-state index < -0.39 is 5.97 Å². The van der Waals surface area contributed by atoms with Crippen LogP contribution in [-0.2, 0) is 9.53 Å². The Morgan fingerprint density at radius 3 is 2.95 bits per heavy atom. The first-order valence-electron chi connectivity index (χ1n) is 6.59. The zero-order chi connectivity index (χ0) is 15.9. The van der Waals surface area contributed by atoms with Gasteiger partial charge in [0.05, 0.1) is 24.8 Å². The molecule has 2 aromatic heterocycles. The van der Waals surface area contributed by atoms with Crippen LogP contribution in [0, 0.1) is 0 Å². The van der Waals surface area contributed by atoms with Gasteiger partial charge in [0.25, 0.3) is 0 Å². The van der Waals surface area contributed by atoms with Gasteiger partial charge in [0.15, 0.2) is 0 Å². The summed E-state index contributed by atoms with van der Waals surface area (Å²) >= 11 is 0. The minimum absolute atomic E-state index is 0.104. The van der Waals surface area contributed by atoms with E-state index in [2.05, 4.69) is 20.0 Å². The Bertz CT molecular complexity index is 727. The number of hydrogen-bond acceptors (Lipinski definition) is 6. The topological polar surface area (TPSA) is 110 Å². The molecule has 0 unspecified atom stereocenters. The van der Waals surface area contributed by atoms with Crippen LogP contribution in [0.5, 0.6) is 5.88 Å².